The number of nitriles is 1. The van der Waals surface area contributed by atoms with Gasteiger partial charge in [0, 0.05) is 24.4 Å². The molecule has 1 aliphatic heterocycles. The zero-order valence-electron chi connectivity index (χ0n) is 17.1. The first-order valence-electron chi connectivity index (χ1n) is 9.69. The number of nitrogens with one attached hydrogen (secondary N) is 1. The van der Waals surface area contributed by atoms with E-state index < -0.39 is 0 Å². The van der Waals surface area contributed by atoms with E-state index >= 15 is 0 Å². The van der Waals surface area contributed by atoms with Crippen LogP contribution in [-0.4, -0.2) is 42.1 Å². The highest BCUT2D eigenvalue weighted by Gasteiger charge is 2.18. The maximum atomic E-state index is 12.4. The Bertz CT molecular complexity index is 949. The molecule has 1 N–H and O–H groups in total. The van der Waals surface area contributed by atoms with E-state index in [2.05, 4.69) is 10.4 Å². The molecule has 7 heteroatoms. The van der Waals surface area contributed by atoms with Gasteiger partial charge in [-0.25, -0.2) is 0 Å². The van der Waals surface area contributed by atoms with Crippen LogP contribution in [0.2, 0.25) is 0 Å². The average Bonchev–Trinajstić information content (AvgIpc) is 3.34. The number of ether oxygens (including phenoxy) is 2. The van der Waals surface area contributed by atoms with Crippen molar-refractivity contribution in [3.05, 3.63) is 52.4 Å². The second-order valence-corrected chi connectivity index (χ2v) is 7.17. The van der Waals surface area contributed by atoms with Crippen molar-refractivity contribution in [2.24, 2.45) is 0 Å². The molecule has 1 atom stereocenters. The third kappa shape index (κ3) is 5.24. The zero-order chi connectivity index (χ0) is 20.8. The molecule has 0 bridgehead atoms. The minimum Gasteiger partial charge on any atom is -0.496 e. The van der Waals surface area contributed by atoms with Crippen LogP contribution in [0.25, 0.3) is 6.08 Å². The summed E-state index contributed by atoms with van der Waals surface area (Å²) in [6.07, 6.45) is 3.56. The minimum atomic E-state index is -0.390. The van der Waals surface area contributed by atoms with Crippen LogP contribution in [0.5, 0.6) is 5.75 Å². The van der Waals surface area contributed by atoms with E-state index in [0.717, 1.165) is 47.7 Å². The Morgan fingerprint density at radius 3 is 2.90 bits per heavy atom. The number of methoxy groups -OCH3 is 1. The van der Waals surface area contributed by atoms with E-state index in [1.54, 1.807) is 13.2 Å². The summed E-state index contributed by atoms with van der Waals surface area (Å²) in [6, 6.07) is 9.60. The van der Waals surface area contributed by atoms with E-state index in [4.69, 9.17) is 9.47 Å². The molecule has 0 aliphatic carbocycles. The monoisotopic (exact) mass is 394 g/mol. The van der Waals surface area contributed by atoms with Crippen molar-refractivity contribution < 1.29 is 14.3 Å². The molecule has 1 fully saturated rings. The Morgan fingerprint density at radius 2 is 2.28 bits per heavy atom. The first-order valence-corrected chi connectivity index (χ1v) is 9.69. The van der Waals surface area contributed by atoms with Crippen molar-refractivity contribution in [2.75, 3.05) is 20.3 Å². The Balaban J connectivity index is 1.78. The van der Waals surface area contributed by atoms with Gasteiger partial charge in [-0.05, 0) is 56.5 Å². The summed E-state index contributed by atoms with van der Waals surface area (Å²) in [7, 11) is 1.62. The number of nitrogens with zero attached hydrogens (tertiary/aromatic N) is 3. The molecule has 7 nitrogen and oxygen atoms in total. The predicted molar refractivity (Wildman–Crippen MR) is 109 cm³/mol. The molecule has 2 heterocycles. The molecule has 3 rings (SSSR count). The first-order chi connectivity index (χ1) is 14.0. The van der Waals surface area contributed by atoms with Crippen LogP contribution in [0, 0.1) is 25.2 Å². The number of carbonyl (C=O) groups is 1. The molecule has 1 amide bonds. The Hall–Kier alpha value is -3.11. The van der Waals surface area contributed by atoms with Crippen molar-refractivity contribution in [3.63, 3.8) is 0 Å². The lowest BCUT2D eigenvalue weighted by Crippen LogP contribution is -2.32. The van der Waals surface area contributed by atoms with Gasteiger partial charge in [-0.3, -0.25) is 9.48 Å². The predicted octanol–water partition coefficient (Wildman–Crippen LogP) is 2.76. The van der Waals surface area contributed by atoms with Gasteiger partial charge in [0.15, 0.2) is 0 Å². The minimum absolute atomic E-state index is 0.0345. The van der Waals surface area contributed by atoms with E-state index in [0.29, 0.717) is 13.1 Å². The van der Waals surface area contributed by atoms with E-state index in [9.17, 15) is 10.1 Å². The van der Waals surface area contributed by atoms with Crippen molar-refractivity contribution >= 4 is 12.0 Å². The molecular formula is C22H26N4O3. The van der Waals surface area contributed by atoms with Crippen molar-refractivity contribution in [1.82, 2.24) is 15.1 Å². The highest BCUT2D eigenvalue weighted by atomic mass is 16.5. The summed E-state index contributed by atoms with van der Waals surface area (Å²) < 4.78 is 12.9. The van der Waals surface area contributed by atoms with Gasteiger partial charge in [-0.1, -0.05) is 6.07 Å². The van der Waals surface area contributed by atoms with Crippen LogP contribution in [0.4, 0.5) is 0 Å². The van der Waals surface area contributed by atoms with Gasteiger partial charge < -0.3 is 14.8 Å². The van der Waals surface area contributed by atoms with Crippen molar-refractivity contribution in [3.8, 4) is 11.8 Å². The number of aromatic nitrogens is 2. The fourth-order valence-corrected chi connectivity index (χ4v) is 3.43. The molecule has 0 spiro atoms. The molecule has 2 aromatic rings. The van der Waals surface area contributed by atoms with Crippen LogP contribution in [0.3, 0.4) is 0 Å². The first kappa shape index (κ1) is 20.6. The summed E-state index contributed by atoms with van der Waals surface area (Å²) in [5.41, 5.74) is 3.74. The standard InChI is InChI=1S/C22H26N4O3/c1-15-9-16(2)26(25-15)14-19-11-17(6-7-21(19)28-3)10-18(12-23)22(27)24-13-20-5-4-8-29-20/h6-7,9-11,20H,4-5,8,13-14H2,1-3H3,(H,24,27)/b18-10+/t20-/m1/s1. The Morgan fingerprint density at radius 1 is 1.45 bits per heavy atom. The van der Waals surface area contributed by atoms with Gasteiger partial charge in [0.25, 0.3) is 5.91 Å². The average molecular weight is 394 g/mol. The van der Waals surface area contributed by atoms with E-state index in [-0.39, 0.29) is 17.6 Å². The van der Waals surface area contributed by atoms with Gasteiger partial charge in [-0.2, -0.15) is 10.4 Å². The fraction of sp³-hybridized carbons (Fsp3) is 0.409. The molecular weight excluding hydrogens is 368 g/mol. The topological polar surface area (TPSA) is 89.2 Å². The quantitative estimate of drug-likeness (QED) is 0.576. The van der Waals surface area contributed by atoms with Gasteiger partial charge in [-0.15, -0.1) is 0 Å². The van der Waals surface area contributed by atoms with Crippen molar-refractivity contribution in [2.45, 2.75) is 39.3 Å². The molecule has 1 aromatic heterocycles. The fourth-order valence-electron chi connectivity index (χ4n) is 3.43. The highest BCUT2D eigenvalue weighted by Crippen LogP contribution is 2.23. The van der Waals surface area contributed by atoms with Crippen molar-refractivity contribution in [1.29, 1.82) is 5.26 Å². The molecule has 1 aromatic carbocycles. The number of hydrogen-bond acceptors (Lipinski definition) is 5. The summed E-state index contributed by atoms with van der Waals surface area (Å²) in [5.74, 6) is 0.343. The van der Waals surface area contributed by atoms with E-state index in [1.165, 1.54) is 0 Å². The largest absolute Gasteiger partial charge is 0.496 e. The smallest absolute Gasteiger partial charge is 0.262 e. The molecule has 0 unspecified atom stereocenters. The van der Waals surface area contributed by atoms with Crippen LogP contribution >= 0.6 is 0 Å². The summed E-state index contributed by atoms with van der Waals surface area (Å²) in [5, 5.41) is 16.7. The highest BCUT2D eigenvalue weighted by molar-refractivity contribution is 6.01. The second kappa shape index (κ2) is 9.39. The third-order valence-corrected chi connectivity index (χ3v) is 4.92. The number of rotatable bonds is 7. The van der Waals surface area contributed by atoms with Crippen LogP contribution in [0.15, 0.2) is 29.8 Å². The maximum absolute atomic E-state index is 12.4. The van der Waals surface area contributed by atoms with Gasteiger partial charge >= 0.3 is 0 Å². The lowest BCUT2D eigenvalue weighted by atomic mass is 10.1. The van der Waals surface area contributed by atoms with Crippen LogP contribution in [-0.2, 0) is 16.1 Å². The molecule has 1 aliphatic rings. The Labute approximate surface area is 170 Å². The van der Waals surface area contributed by atoms with E-state index in [1.807, 2.05) is 48.9 Å². The lowest BCUT2D eigenvalue weighted by Gasteiger charge is -2.12. The lowest BCUT2D eigenvalue weighted by molar-refractivity contribution is -0.117. The number of carbonyl (C=O) groups excluding carboxylic acids is 1. The molecule has 152 valence electrons. The Kier molecular flexibility index (Phi) is 6.68. The van der Waals surface area contributed by atoms with Crippen LogP contribution < -0.4 is 10.1 Å². The second-order valence-electron chi connectivity index (χ2n) is 7.17. The number of amides is 1. The zero-order valence-corrected chi connectivity index (χ0v) is 17.1. The normalized spacial score (nSPS) is 16.5. The van der Waals surface area contributed by atoms with Gasteiger partial charge in [0.05, 0.1) is 25.5 Å². The molecule has 0 radical (unpaired) electrons. The number of aryl methyl sites for hydroxylation is 2. The molecule has 29 heavy (non-hydrogen) atoms. The maximum Gasteiger partial charge on any atom is 0.262 e. The SMILES string of the molecule is COc1ccc(/C=C(\C#N)C(=O)NC[C@H]2CCCO2)cc1Cn1nc(C)cc1C. The summed E-state index contributed by atoms with van der Waals surface area (Å²) in [4.78, 5) is 12.4. The molecule has 1 saturated heterocycles. The summed E-state index contributed by atoms with van der Waals surface area (Å²) >= 11 is 0. The summed E-state index contributed by atoms with van der Waals surface area (Å²) in [6.45, 7) is 5.64. The van der Waals surface area contributed by atoms with Crippen LogP contribution in [0.1, 0.15) is 35.4 Å². The number of benzene rings is 1. The van der Waals surface area contributed by atoms with Gasteiger partial charge in [0.1, 0.15) is 17.4 Å². The molecule has 0 saturated carbocycles. The van der Waals surface area contributed by atoms with Gasteiger partial charge in [0.2, 0.25) is 0 Å². The third-order valence-electron chi connectivity index (χ3n) is 4.92. The number of hydrogen-bond donors (Lipinski definition) is 1.